The SMILES string of the molecule is COc1ccc(CNC(=O)[C@@]2(C)CCCN(C(=O)c3cc(OC)cc(OC)c3)C2)cc1. The van der Waals surface area contributed by atoms with Crippen LogP contribution in [-0.2, 0) is 11.3 Å². The van der Waals surface area contributed by atoms with Gasteiger partial charge in [-0.2, -0.15) is 0 Å². The molecule has 7 nitrogen and oxygen atoms in total. The van der Waals surface area contributed by atoms with Crippen LogP contribution in [0.4, 0.5) is 0 Å². The Kier molecular flexibility index (Phi) is 7.05. The van der Waals surface area contributed by atoms with Gasteiger partial charge in [-0.15, -0.1) is 0 Å². The number of carbonyl (C=O) groups is 2. The van der Waals surface area contributed by atoms with E-state index < -0.39 is 5.41 Å². The van der Waals surface area contributed by atoms with Crippen molar-refractivity contribution in [2.75, 3.05) is 34.4 Å². The normalized spacial score (nSPS) is 18.3. The van der Waals surface area contributed by atoms with E-state index in [0.717, 1.165) is 24.2 Å². The van der Waals surface area contributed by atoms with Crippen LogP contribution in [0.1, 0.15) is 35.7 Å². The van der Waals surface area contributed by atoms with Gasteiger partial charge in [-0.25, -0.2) is 0 Å². The van der Waals surface area contributed by atoms with Crippen molar-refractivity contribution >= 4 is 11.8 Å². The summed E-state index contributed by atoms with van der Waals surface area (Å²) in [5.41, 5.74) is 0.827. The van der Waals surface area contributed by atoms with Crippen molar-refractivity contribution in [3.05, 3.63) is 53.6 Å². The molecule has 2 amide bonds. The van der Waals surface area contributed by atoms with E-state index in [0.29, 0.717) is 36.7 Å². The summed E-state index contributed by atoms with van der Waals surface area (Å²) in [6, 6.07) is 12.7. The lowest BCUT2D eigenvalue weighted by Crippen LogP contribution is -2.51. The average Bonchev–Trinajstić information content (AvgIpc) is 2.81. The molecule has 0 aromatic heterocycles. The molecule has 1 fully saturated rings. The molecule has 2 aromatic rings. The Balaban J connectivity index is 1.67. The van der Waals surface area contributed by atoms with Gasteiger partial charge in [-0.05, 0) is 49.6 Å². The van der Waals surface area contributed by atoms with Crippen molar-refractivity contribution in [1.82, 2.24) is 10.2 Å². The summed E-state index contributed by atoms with van der Waals surface area (Å²) in [6.07, 6.45) is 1.49. The van der Waals surface area contributed by atoms with Gasteiger partial charge in [0.15, 0.2) is 0 Å². The van der Waals surface area contributed by atoms with E-state index in [9.17, 15) is 9.59 Å². The zero-order chi connectivity index (χ0) is 22.4. The lowest BCUT2D eigenvalue weighted by atomic mass is 9.80. The zero-order valence-electron chi connectivity index (χ0n) is 18.6. The van der Waals surface area contributed by atoms with Crippen molar-refractivity contribution in [2.24, 2.45) is 5.41 Å². The van der Waals surface area contributed by atoms with Gasteiger partial charge < -0.3 is 24.4 Å². The van der Waals surface area contributed by atoms with Crippen LogP contribution in [0.5, 0.6) is 17.2 Å². The smallest absolute Gasteiger partial charge is 0.254 e. The summed E-state index contributed by atoms with van der Waals surface area (Å²) in [6.45, 7) is 3.32. The standard InChI is InChI=1S/C24H30N2O5/c1-24(23(28)25-15-17-6-8-19(29-2)9-7-17)10-5-11-26(16-24)22(27)18-12-20(30-3)14-21(13-18)31-4/h6-9,12-14H,5,10-11,15-16H2,1-4H3,(H,25,28)/t24-/m0/s1. The molecule has 166 valence electrons. The Morgan fingerprint density at radius 2 is 1.58 bits per heavy atom. The lowest BCUT2D eigenvalue weighted by molar-refractivity contribution is -0.132. The van der Waals surface area contributed by atoms with E-state index in [-0.39, 0.29) is 11.8 Å². The largest absolute Gasteiger partial charge is 0.497 e. The summed E-state index contributed by atoms with van der Waals surface area (Å²) in [5, 5.41) is 3.02. The minimum atomic E-state index is -0.649. The van der Waals surface area contributed by atoms with Crippen molar-refractivity contribution in [3.8, 4) is 17.2 Å². The maximum Gasteiger partial charge on any atom is 0.254 e. The molecule has 0 saturated carbocycles. The number of rotatable bonds is 7. The van der Waals surface area contributed by atoms with E-state index in [2.05, 4.69) is 5.32 Å². The van der Waals surface area contributed by atoms with Crippen molar-refractivity contribution in [1.29, 1.82) is 0 Å². The van der Waals surface area contributed by atoms with Crippen LogP contribution in [0.3, 0.4) is 0 Å². The minimum Gasteiger partial charge on any atom is -0.497 e. The van der Waals surface area contributed by atoms with Gasteiger partial charge >= 0.3 is 0 Å². The number of amides is 2. The second-order valence-corrected chi connectivity index (χ2v) is 8.02. The first-order valence-electron chi connectivity index (χ1n) is 10.3. The van der Waals surface area contributed by atoms with E-state index in [4.69, 9.17) is 14.2 Å². The maximum atomic E-state index is 13.2. The third kappa shape index (κ3) is 5.29. The van der Waals surface area contributed by atoms with Crippen molar-refractivity contribution < 1.29 is 23.8 Å². The van der Waals surface area contributed by atoms with Gasteiger partial charge in [-0.3, -0.25) is 9.59 Å². The Labute approximate surface area is 183 Å². The Hall–Kier alpha value is -3.22. The number of likely N-dealkylation sites (tertiary alicyclic amines) is 1. The van der Waals surface area contributed by atoms with Crippen molar-refractivity contribution in [2.45, 2.75) is 26.3 Å². The first-order chi connectivity index (χ1) is 14.9. The molecular weight excluding hydrogens is 396 g/mol. The third-order valence-corrected chi connectivity index (χ3v) is 5.74. The predicted octanol–water partition coefficient (Wildman–Crippen LogP) is 3.27. The Morgan fingerprint density at radius 1 is 0.968 bits per heavy atom. The van der Waals surface area contributed by atoms with E-state index >= 15 is 0 Å². The number of methoxy groups -OCH3 is 3. The molecule has 1 heterocycles. The molecule has 31 heavy (non-hydrogen) atoms. The first-order valence-corrected chi connectivity index (χ1v) is 10.3. The molecule has 0 bridgehead atoms. The Morgan fingerprint density at radius 3 is 2.16 bits per heavy atom. The molecule has 1 N–H and O–H groups in total. The second kappa shape index (κ2) is 9.73. The monoisotopic (exact) mass is 426 g/mol. The van der Waals surface area contributed by atoms with Crippen LogP contribution in [0, 0.1) is 5.41 Å². The topological polar surface area (TPSA) is 77.1 Å². The van der Waals surface area contributed by atoms with Crippen LogP contribution < -0.4 is 19.5 Å². The van der Waals surface area contributed by atoms with Gasteiger partial charge in [0.2, 0.25) is 5.91 Å². The molecule has 1 aliphatic rings. The van der Waals surface area contributed by atoms with Crippen molar-refractivity contribution in [3.63, 3.8) is 0 Å². The number of ether oxygens (including phenoxy) is 3. The van der Waals surface area contributed by atoms with Crippen LogP contribution in [-0.4, -0.2) is 51.1 Å². The van der Waals surface area contributed by atoms with E-state index in [1.54, 1.807) is 44.4 Å². The number of carbonyl (C=O) groups excluding carboxylic acids is 2. The highest BCUT2D eigenvalue weighted by atomic mass is 16.5. The summed E-state index contributed by atoms with van der Waals surface area (Å²) in [5.74, 6) is 1.70. The molecule has 0 radical (unpaired) electrons. The summed E-state index contributed by atoms with van der Waals surface area (Å²) < 4.78 is 15.7. The molecule has 2 aromatic carbocycles. The molecule has 0 unspecified atom stereocenters. The van der Waals surface area contributed by atoms with Gasteiger partial charge in [0, 0.05) is 31.3 Å². The van der Waals surface area contributed by atoms with E-state index in [1.807, 2.05) is 31.2 Å². The molecule has 1 atom stereocenters. The maximum absolute atomic E-state index is 13.2. The third-order valence-electron chi connectivity index (χ3n) is 5.74. The molecule has 7 heteroatoms. The average molecular weight is 427 g/mol. The fourth-order valence-electron chi connectivity index (χ4n) is 3.85. The molecule has 3 rings (SSSR count). The number of benzene rings is 2. The zero-order valence-corrected chi connectivity index (χ0v) is 18.6. The van der Waals surface area contributed by atoms with Gasteiger partial charge in [0.05, 0.1) is 26.7 Å². The molecule has 0 aliphatic carbocycles. The molecule has 1 saturated heterocycles. The van der Waals surface area contributed by atoms with Gasteiger partial charge in [0.25, 0.3) is 5.91 Å². The highest BCUT2D eigenvalue weighted by Gasteiger charge is 2.39. The number of nitrogens with one attached hydrogen (secondary N) is 1. The molecular formula is C24H30N2O5. The predicted molar refractivity (Wildman–Crippen MR) is 118 cm³/mol. The number of piperidine rings is 1. The van der Waals surface area contributed by atoms with Crippen LogP contribution in [0.2, 0.25) is 0 Å². The first kappa shape index (κ1) is 22.5. The quantitative estimate of drug-likeness (QED) is 0.735. The number of hydrogen-bond acceptors (Lipinski definition) is 5. The van der Waals surface area contributed by atoms with E-state index in [1.165, 1.54) is 0 Å². The summed E-state index contributed by atoms with van der Waals surface area (Å²) in [4.78, 5) is 27.9. The fourth-order valence-corrected chi connectivity index (χ4v) is 3.85. The summed E-state index contributed by atoms with van der Waals surface area (Å²) in [7, 11) is 4.72. The number of hydrogen-bond donors (Lipinski definition) is 1. The van der Waals surface area contributed by atoms with Crippen LogP contribution in [0.25, 0.3) is 0 Å². The fraction of sp³-hybridized carbons (Fsp3) is 0.417. The summed E-state index contributed by atoms with van der Waals surface area (Å²) >= 11 is 0. The highest BCUT2D eigenvalue weighted by molar-refractivity contribution is 5.96. The van der Waals surface area contributed by atoms with Gasteiger partial charge in [-0.1, -0.05) is 12.1 Å². The number of nitrogens with zero attached hydrogens (tertiary/aromatic N) is 1. The Bertz CT molecular complexity index is 906. The minimum absolute atomic E-state index is 0.0518. The van der Waals surface area contributed by atoms with Crippen LogP contribution >= 0.6 is 0 Å². The second-order valence-electron chi connectivity index (χ2n) is 8.02. The molecule has 1 aliphatic heterocycles. The highest BCUT2D eigenvalue weighted by Crippen LogP contribution is 2.32. The molecule has 0 spiro atoms. The van der Waals surface area contributed by atoms with Crippen LogP contribution in [0.15, 0.2) is 42.5 Å². The lowest BCUT2D eigenvalue weighted by Gasteiger charge is -2.39. The van der Waals surface area contributed by atoms with Gasteiger partial charge in [0.1, 0.15) is 17.2 Å².